The van der Waals surface area contributed by atoms with E-state index in [4.69, 9.17) is 0 Å². The average molecular weight is 254 g/mol. The van der Waals surface area contributed by atoms with E-state index in [1.54, 1.807) is 0 Å². The fourth-order valence-corrected chi connectivity index (χ4v) is 3.01. The Morgan fingerprint density at radius 1 is 1.26 bits per heavy atom. The van der Waals surface area contributed by atoms with Gasteiger partial charge in [0.25, 0.3) is 0 Å². The number of para-hydroxylation sites is 1. The highest BCUT2D eigenvalue weighted by molar-refractivity contribution is 5.78. The van der Waals surface area contributed by atoms with Gasteiger partial charge in [-0.15, -0.1) is 0 Å². The second-order valence-electron chi connectivity index (χ2n) is 5.61. The van der Waals surface area contributed by atoms with Gasteiger partial charge in [0.05, 0.1) is 5.52 Å². The Hall–Kier alpha value is -1.41. The van der Waals surface area contributed by atoms with Crippen LogP contribution in [0.3, 0.4) is 0 Å². The molecule has 100 valence electrons. The third-order valence-corrected chi connectivity index (χ3v) is 4.29. The number of nitrogens with zero attached hydrogens (tertiary/aromatic N) is 1. The lowest BCUT2D eigenvalue weighted by Crippen LogP contribution is -2.34. The molecule has 0 amide bonds. The van der Waals surface area contributed by atoms with E-state index in [0.717, 1.165) is 24.5 Å². The third kappa shape index (κ3) is 2.64. The Bertz CT molecular complexity index is 550. The zero-order valence-electron chi connectivity index (χ0n) is 11.6. The number of hydrogen-bond donors (Lipinski definition) is 1. The maximum Gasteiger partial charge on any atom is 0.0702 e. The zero-order chi connectivity index (χ0) is 13.1. The molecular weight excluding hydrogens is 232 g/mol. The Morgan fingerprint density at radius 3 is 2.95 bits per heavy atom. The molecule has 0 spiro atoms. The normalized spacial score (nSPS) is 22.4. The molecular formula is C17H22N2. The van der Waals surface area contributed by atoms with Gasteiger partial charge in [-0.2, -0.15) is 0 Å². The first kappa shape index (κ1) is 12.6. The summed E-state index contributed by atoms with van der Waals surface area (Å²) in [6, 6.07) is 10.7. The van der Waals surface area contributed by atoms with Crippen LogP contribution in [0, 0.1) is 5.92 Å². The first-order valence-electron chi connectivity index (χ1n) is 7.44. The van der Waals surface area contributed by atoms with E-state index in [9.17, 15) is 0 Å². The maximum absolute atomic E-state index is 4.59. The standard InChI is InChI=1S/C17H22N2/c1-2-9-18-11-14-7-8-16(14)15-10-13-5-3-4-6-17(13)19-12-15/h3-6,10,12,14,16,18H,2,7-9,11H2,1H3. The van der Waals surface area contributed by atoms with Gasteiger partial charge in [0.2, 0.25) is 0 Å². The topological polar surface area (TPSA) is 24.9 Å². The number of aromatic nitrogens is 1. The highest BCUT2D eigenvalue weighted by Gasteiger charge is 2.31. The van der Waals surface area contributed by atoms with Crippen molar-refractivity contribution in [1.82, 2.24) is 10.3 Å². The van der Waals surface area contributed by atoms with Crippen molar-refractivity contribution >= 4 is 10.9 Å². The summed E-state index contributed by atoms with van der Waals surface area (Å²) < 4.78 is 0. The smallest absolute Gasteiger partial charge is 0.0702 e. The molecule has 0 aliphatic heterocycles. The molecule has 1 saturated carbocycles. The maximum atomic E-state index is 4.59. The summed E-state index contributed by atoms with van der Waals surface area (Å²) >= 11 is 0. The van der Waals surface area contributed by atoms with Gasteiger partial charge in [-0.1, -0.05) is 25.1 Å². The van der Waals surface area contributed by atoms with Crippen molar-refractivity contribution in [2.75, 3.05) is 13.1 Å². The van der Waals surface area contributed by atoms with E-state index in [0.29, 0.717) is 5.92 Å². The highest BCUT2D eigenvalue weighted by Crippen LogP contribution is 2.42. The summed E-state index contributed by atoms with van der Waals surface area (Å²) in [4.78, 5) is 4.59. The van der Waals surface area contributed by atoms with Gasteiger partial charge in [0.15, 0.2) is 0 Å². The van der Waals surface area contributed by atoms with Crippen molar-refractivity contribution in [3.05, 3.63) is 42.1 Å². The van der Waals surface area contributed by atoms with Crippen LogP contribution in [-0.4, -0.2) is 18.1 Å². The Labute approximate surface area is 115 Å². The Kier molecular flexibility index (Phi) is 3.79. The predicted octanol–water partition coefficient (Wildman–Crippen LogP) is 3.73. The SMILES string of the molecule is CCCNCC1CCC1c1cnc2ccccc2c1. The van der Waals surface area contributed by atoms with Crippen LogP contribution in [0.15, 0.2) is 36.5 Å². The Balaban J connectivity index is 1.73. The molecule has 0 saturated heterocycles. The van der Waals surface area contributed by atoms with Crippen LogP contribution in [0.5, 0.6) is 0 Å². The molecule has 0 radical (unpaired) electrons. The monoisotopic (exact) mass is 254 g/mol. The molecule has 2 atom stereocenters. The van der Waals surface area contributed by atoms with E-state index in [2.05, 4.69) is 53.8 Å². The van der Waals surface area contributed by atoms with Crippen LogP contribution in [0.4, 0.5) is 0 Å². The molecule has 2 heteroatoms. The summed E-state index contributed by atoms with van der Waals surface area (Å²) in [5.74, 6) is 1.51. The average Bonchev–Trinajstić information content (AvgIpc) is 2.42. The van der Waals surface area contributed by atoms with E-state index in [-0.39, 0.29) is 0 Å². The molecule has 1 aromatic heterocycles. The molecule has 3 rings (SSSR count). The number of nitrogens with one attached hydrogen (secondary N) is 1. The highest BCUT2D eigenvalue weighted by atomic mass is 14.9. The fraction of sp³-hybridized carbons (Fsp3) is 0.471. The minimum absolute atomic E-state index is 0.710. The Morgan fingerprint density at radius 2 is 2.16 bits per heavy atom. The minimum Gasteiger partial charge on any atom is -0.316 e. The molecule has 1 aromatic carbocycles. The van der Waals surface area contributed by atoms with Gasteiger partial charge >= 0.3 is 0 Å². The molecule has 1 fully saturated rings. The van der Waals surface area contributed by atoms with Crippen LogP contribution in [0.1, 0.15) is 37.7 Å². The van der Waals surface area contributed by atoms with Crippen LogP contribution >= 0.6 is 0 Å². The number of hydrogen-bond acceptors (Lipinski definition) is 2. The molecule has 2 nitrogen and oxygen atoms in total. The van der Waals surface area contributed by atoms with Gasteiger partial charge in [-0.3, -0.25) is 4.98 Å². The summed E-state index contributed by atoms with van der Waals surface area (Å²) in [5.41, 5.74) is 2.53. The number of benzene rings is 1. The van der Waals surface area contributed by atoms with Crippen LogP contribution in [0.2, 0.25) is 0 Å². The van der Waals surface area contributed by atoms with Crippen LogP contribution in [-0.2, 0) is 0 Å². The molecule has 2 aromatic rings. The van der Waals surface area contributed by atoms with E-state index < -0.39 is 0 Å². The second kappa shape index (κ2) is 5.70. The molecule has 0 bridgehead atoms. The predicted molar refractivity (Wildman–Crippen MR) is 80.4 cm³/mol. The molecule has 1 aliphatic carbocycles. The largest absolute Gasteiger partial charge is 0.316 e. The second-order valence-corrected chi connectivity index (χ2v) is 5.61. The molecule has 1 N–H and O–H groups in total. The molecule has 1 heterocycles. The lowest BCUT2D eigenvalue weighted by molar-refractivity contribution is 0.246. The quantitative estimate of drug-likeness (QED) is 0.822. The molecule has 2 unspecified atom stereocenters. The lowest BCUT2D eigenvalue weighted by Gasteiger charge is -2.37. The summed E-state index contributed by atoms with van der Waals surface area (Å²) in [7, 11) is 0. The van der Waals surface area contributed by atoms with Gasteiger partial charge in [-0.05, 0) is 61.9 Å². The van der Waals surface area contributed by atoms with Crippen LogP contribution in [0.25, 0.3) is 10.9 Å². The van der Waals surface area contributed by atoms with Gasteiger partial charge < -0.3 is 5.32 Å². The summed E-state index contributed by atoms with van der Waals surface area (Å²) in [6.45, 7) is 4.52. The minimum atomic E-state index is 0.710. The zero-order valence-corrected chi connectivity index (χ0v) is 11.6. The van der Waals surface area contributed by atoms with Crippen molar-refractivity contribution in [1.29, 1.82) is 0 Å². The first-order chi connectivity index (χ1) is 9.38. The number of pyridine rings is 1. The molecule has 19 heavy (non-hydrogen) atoms. The van der Waals surface area contributed by atoms with E-state index in [1.807, 2.05) is 0 Å². The first-order valence-corrected chi connectivity index (χ1v) is 7.44. The van der Waals surface area contributed by atoms with Gasteiger partial charge in [-0.25, -0.2) is 0 Å². The van der Waals surface area contributed by atoms with Crippen molar-refractivity contribution in [2.24, 2.45) is 5.92 Å². The van der Waals surface area contributed by atoms with Crippen molar-refractivity contribution < 1.29 is 0 Å². The fourth-order valence-electron chi connectivity index (χ4n) is 3.01. The summed E-state index contributed by atoms with van der Waals surface area (Å²) in [5, 5.41) is 4.82. The summed E-state index contributed by atoms with van der Waals surface area (Å²) in [6.07, 6.45) is 5.97. The van der Waals surface area contributed by atoms with Gasteiger partial charge in [0.1, 0.15) is 0 Å². The molecule has 1 aliphatic rings. The third-order valence-electron chi connectivity index (χ3n) is 4.29. The number of fused-ring (bicyclic) bond motifs is 1. The van der Waals surface area contributed by atoms with Crippen molar-refractivity contribution in [3.8, 4) is 0 Å². The van der Waals surface area contributed by atoms with Gasteiger partial charge in [0, 0.05) is 11.6 Å². The van der Waals surface area contributed by atoms with Crippen molar-refractivity contribution in [3.63, 3.8) is 0 Å². The lowest BCUT2D eigenvalue weighted by atomic mass is 9.70. The van der Waals surface area contributed by atoms with E-state index in [1.165, 1.54) is 30.2 Å². The van der Waals surface area contributed by atoms with Crippen LogP contribution < -0.4 is 5.32 Å². The number of rotatable bonds is 5. The van der Waals surface area contributed by atoms with E-state index >= 15 is 0 Å². The van der Waals surface area contributed by atoms with Crippen molar-refractivity contribution in [2.45, 2.75) is 32.1 Å².